The summed E-state index contributed by atoms with van der Waals surface area (Å²) in [5.41, 5.74) is 6.26. The predicted octanol–water partition coefficient (Wildman–Crippen LogP) is 2.63. The molecule has 1 heterocycles. The van der Waals surface area contributed by atoms with E-state index in [0.29, 0.717) is 27.5 Å². The van der Waals surface area contributed by atoms with E-state index < -0.39 is 0 Å². The van der Waals surface area contributed by atoms with E-state index in [4.69, 9.17) is 19.9 Å². The van der Waals surface area contributed by atoms with E-state index >= 15 is 0 Å². The molecule has 0 amide bonds. The van der Waals surface area contributed by atoms with E-state index in [9.17, 15) is 0 Å². The Morgan fingerprint density at radius 1 is 1.16 bits per heavy atom. The van der Waals surface area contributed by atoms with Gasteiger partial charge in [-0.2, -0.15) is 4.98 Å². The molecule has 7 heteroatoms. The lowest BCUT2D eigenvalue weighted by Gasteiger charge is -2.10. The molecule has 0 atom stereocenters. The molecule has 0 saturated heterocycles. The number of benzene rings is 1. The first-order valence-corrected chi connectivity index (χ1v) is 6.11. The SMILES string of the molecule is COc1ccc(N)cc1Oc1ncc(Br)c(OC)n1. The van der Waals surface area contributed by atoms with Gasteiger partial charge in [-0.05, 0) is 28.1 Å². The first kappa shape index (κ1) is 13.4. The summed E-state index contributed by atoms with van der Waals surface area (Å²) in [5, 5.41) is 0. The van der Waals surface area contributed by atoms with Gasteiger partial charge in [-0.3, -0.25) is 0 Å². The Labute approximate surface area is 118 Å². The van der Waals surface area contributed by atoms with Crippen molar-refractivity contribution in [3.05, 3.63) is 28.9 Å². The van der Waals surface area contributed by atoms with E-state index in [1.807, 2.05) is 0 Å². The Balaban J connectivity index is 2.33. The van der Waals surface area contributed by atoms with Gasteiger partial charge in [-0.25, -0.2) is 4.98 Å². The van der Waals surface area contributed by atoms with Crippen molar-refractivity contribution in [2.75, 3.05) is 20.0 Å². The molecule has 0 aliphatic carbocycles. The Morgan fingerprint density at radius 2 is 1.95 bits per heavy atom. The summed E-state index contributed by atoms with van der Waals surface area (Å²) in [6, 6.07) is 5.20. The average Bonchev–Trinajstić information content (AvgIpc) is 2.41. The fourth-order valence-electron chi connectivity index (χ4n) is 1.40. The van der Waals surface area contributed by atoms with Crippen molar-refractivity contribution in [3.8, 4) is 23.4 Å². The normalized spacial score (nSPS) is 10.1. The highest BCUT2D eigenvalue weighted by molar-refractivity contribution is 9.10. The highest BCUT2D eigenvalue weighted by atomic mass is 79.9. The summed E-state index contributed by atoms with van der Waals surface area (Å²) in [4.78, 5) is 8.12. The monoisotopic (exact) mass is 325 g/mol. The number of aromatic nitrogens is 2. The second kappa shape index (κ2) is 5.75. The Kier molecular flexibility index (Phi) is 4.06. The van der Waals surface area contributed by atoms with E-state index in [-0.39, 0.29) is 6.01 Å². The fourth-order valence-corrected chi connectivity index (χ4v) is 1.75. The summed E-state index contributed by atoms with van der Waals surface area (Å²) in [6.45, 7) is 0. The van der Waals surface area contributed by atoms with Gasteiger partial charge in [0.1, 0.15) is 0 Å². The number of halogens is 1. The van der Waals surface area contributed by atoms with Crippen LogP contribution in [0.2, 0.25) is 0 Å². The lowest BCUT2D eigenvalue weighted by Crippen LogP contribution is -1.98. The molecule has 2 N–H and O–H groups in total. The molecular weight excluding hydrogens is 314 g/mol. The van der Waals surface area contributed by atoms with Crippen molar-refractivity contribution in [1.82, 2.24) is 9.97 Å². The van der Waals surface area contributed by atoms with Crippen molar-refractivity contribution in [1.29, 1.82) is 0 Å². The maximum Gasteiger partial charge on any atom is 0.325 e. The van der Waals surface area contributed by atoms with Crippen LogP contribution in [0.1, 0.15) is 0 Å². The third-order valence-corrected chi connectivity index (χ3v) is 2.82. The number of methoxy groups -OCH3 is 2. The summed E-state index contributed by atoms with van der Waals surface area (Å²) in [7, 11) is 3.05. The smallest absolute Gasteiger partial charge is 0.325 e. The Bertz CT molecular complexity index is 592. The van der Waals surface area contributed by atoms with Gasteiger partial charge in [0.15, 0.2) is 11.5 Å². The summed E-state index contributed by atoms with van der Waals surface area (Å²) >= 11 is 3.27. The van der Waals surface area contributed by atoms with Crippen LogP contribution in [0.25, 0.3) is 0 Å². The molecule has 6 nitrogen and oxygen atoms in total. The van der Waals surface area contributed by atoms with Gasteiger partial charge in [0.2, 0.25) is 5.88 Å². The fraction of sp³-hybridized carbons (Fsp3) is 0.167. The number of ether oxygens (including phenoxy) is 3. The lowest BCUT2D eigenvalue weighted by molar-refractivity contribution is 0.353. The van der Waals surface area contributed by atoms with Crippen LogP contribution < -0.4 is 19.9 Å². The van der Waals surface area contributed by atoms with E-state index in [2.05, 4.69) is 25.9 Å². The topological polar surface area (TPSA) is 79.5 Å². The van der Waals surface area contributed by atoms with Gasteiger partial charge in [-0.15, -0.1) is 0 Å². The van der Waals surface area contributed by atoms with Crippen LogP contribution in [0.5, 0.6) is 23.4 Å². The predicted molar refractivity (Wildman–Crippen MR) is 73.8 cm³/mol. The Hall–Kier alpha value is -2.02. The number of anilines is 1. The molecule has 2 aromatic rings. The van der Waals surface area contributed by atoms with E-state index in [1.54, 1.807) is 31.5 Å². The number of nitrogens with two attached hydrogens (primary N) is 1. The van der Waals surface area contributed by atoms with Crippen molar-refractivity contribution >= 4 is 21.6 Å². The number of nitrogen functional groups attached to an aromatic ring is 1. The molecule has 19 heavy (non-hydrogen) atoms. The maximum absolute atomic E-state index is 5.71. The zero-order valence-corrected chi connectivity index (χ0v) is 12.0. The highest BCUT2D eigenvalue weighted by Gasteiger charge is 2.10. The van der Waals surface area contributed by atoms with Gasteiger partial charge in [-0.1, -0.05) is 0 Å². The summed E-state index contributed by atoms with van der Waals surface area (Å²) in [5.74, 6) is 1.36. The number of nitrogens with zero attached hydrogens (tertiary/aromatic N) is 2. The van der Waals surface area contributed by atoms with Crippen molar-refractivity contribution in [3.63, 3.8) is 0 Å². The van der Waals surface area contributed by atoms with Gasteiger partial charge in [0.25, 0.3) is 0 Å². The molecule has 0 aliphatic rings. The zero-order chi connectivity index (χ0) is 13.8. The zero-order valence-electron chi connectivity index (χ0n) is 10.4. The Morgan fingerprint density at radius 3 is 2.63 bits per heavy atom. The van der Waals surface area contributed by atoms with Crippen LogP contribution in [0.3, 0.4) is 0 Å². The molecule has 100 valence electrons. The van der Waals surface area contributed by atoms with Gasteiger partial charge >= 0.3 is 6.01 Å². The number of rotatable bonds is 4. The first-order valence-electron chi connectivity index (χ1n) is 5.32. The average molecular weight is 326 g/mol. The molecule has 0 fully saturated rings. The molecule has 1 aromatic heterocycles. The molecular formula is C12H12BrN3O3. The van der Waals surface area contributed by atoms with Crippen molar-refractivity contribution in [2.24, 2.45) is 0 Å². The highest BCUT2D eigenvalue weighted by Crippen LogP contribution is 2.33. The van der Waals surface area contributed by atoms with Crippen LogP contribution in [0, 0.1) is 0 Å². The van der Waals surface area contributed by atoms with Gasteiger partial charge < -0.3 is 19.9 Å². The lowest BCUT2D eigenvalue weighted by atomic mass is 10.3. The second-order valence-corrected chi connectivity index (χ2v) is 4.38. The number of hydrogen-bond donors (Lipinski definition) is 1. The first-order chi connectivity index (χ1) is 9.13. The van der Waals surface area contributed by atoms with E-state index in [1.165, 1.54) is 7.11 Å². The minimum atomic E-state index is 0.143. The van der Waals surface area contributed by atoms with Gasteiger partial charge in [0, 0.05) is 11.8 Å². The molecule has 0 bridgehead atoms. The van der Waals surface area contributed by atoms with Crippen LogP contribution in [-0.4, -0.2) is 24.2 Å². The number of hydrogen-bond acceptors (Lipinski definition) is 6. The summed E-state index contributed by atoms with van der Waals surface area (Å²) < 4.78 is 16.4. The standard InChI is InChI=1S/C12H12BrN3O3/c1-17-9-4-3-7(14)5-10(9)19-12-15-6-8(13)11(16-12)18-2/h3-6H,14H2,1-2H3. The molecule has 0 radical (unpaired) electrons. The van der Waals surface area contributed by atoms with Crippen LogP contribution in [0.4, 0.5) is 5.69 Å². The van der Waals surface area contributed by atoms with Crippen LogP contribution in [0.15, 0.2) is 28.9 Å². The molecule has 0 unspecified atom stereocenters. The van der Waals surface area contributed by atoms with E-state index in [0.717, 1.165) is 0 Å². The van der Waals surface area contributed by atoms with Crippen molar-refractivity contribution in [2.45, 2.75) is 0 Å². The van der Waals surface area contributed by atoms with Crippen LogP contribution in [-0.2, 0) is 0 Å². The van der Waals surface area contributed by atoms with Crippen molar-refractivity contribution < 1.29 is 14.2 Å². The third kappa shape index (κ3) is 3.05. The molecule has 0 spiro atoms. The minimum absolute atomic E-state index is 0.143. The van der Waals surface area contributed by atoms with Gasteiger partial charge in [0.05, 0.1) is 24.9 Å². The quantitative estimate of drug-likeness (QED) is 0.870. The minimum Gasteiger partial charge on any atom is -0.493 e. The molecule has 0 saturated carbocycles. The second-order valence-electron chi connectivity index (χ2n) is 3.52. The molecule has 2 rings (SSSR count). The molecule has 1 aromatic carbocycles. The maximum atomic E-state index is 5.71. The third-order valence-electron chi connectivity index (χ3n) is 2.27. The largest absolute Gasteiger partial charge is 0.493 e. The molecule has 0 aliphatic heterocycles. The van der Waals surface area contributed by atoms with Crippen LogP contribution >= 0.6 is 15.9 Å². The summed E-state index contributed by atoms with van der Waals surface area (Å²) in [6.07, 6.45) is 1.54.